The van der Waals surface area contributed by atoms with Crippen LogP contribution in [-0.4, -0.2) is 28.6 Å². The van der Waals surface area contributed by atoms with Gasteiger partial charge in [-0.2, -0.15) is 0 Å². The molecule has 6 nitrogen and oxygen atoms in total. The van der Waals surface area contributed by atoms with Crippen LogP contribution in [0.2, 0.25) is 26.2 Å². The summed E-state index contributed by atoms with van der Waals surface area (Å²) in [7, 11) is -4.13. The molecule has 0 aliphatic carbocycles. The molecule has 0 heterocycles. The van der Waals surface area contributed by atoms with E-state index < -0.39 is 28.6 Å². The van der Waals surface area contributed by atoms with Gasteiger partial charge >= 0.3 is 17.1 Å². The van der Waals surface area contributed by atoms with Crippen LogP contribution < -0.4 is 10.2 Å². The first-order chi connectivity index (χ1) is 11.9. The smallest absolute Gasteiger partial charge is 0.542 e. The van der Waals surface area contributed by atoms with Crippen LogP contribution in [0, 0.1) is 0 Å². The van der Waals surface area contributed by atoms with Crippen molar-refractivity contribution in [3.63, 3.8) is 0 Å². The summed E-state index contributed by atoms with van der Waals surface area (Å²) in [5.74, 6) is -2.66. The number of hydrogen-bond acceptors (Lipinski definition) is 6. The van der Waals surface area contributed by atoms with Gasteiger partial charge in [0.15, 0.2) is 0 Å². The van der Waals surface area contributed by atoms with Gasteiger partial charge in [0.25, 0.3) is 16.6 Å². The van der Waals surface area contributed by atoms with E-state index in [1.54, 1.807) is 11.4 Å². The van der Waals surface area contributed by atoms with Crippen molar-refractivity contribution < 1.29 is 45.7 Å². The van der Waals surface area contributed by atoms with E-state index in [9.17, 15) is 19.8 Å². The number of aliphatic carboxylic acids is 2. The van der Waals surface area contributed by atoms with Gasteiger partial charge in [0.1, 0.15) is 23.5 Å². The summed E-state index contributed by atoms with van der Waals surface area (Å²) in [6, 6.07) is 0. The molecule has 0 amide bonds. The van der Waals surface area contributed by atoms with Gasteiger partial charge in [0, 0.05) is 0 Å². The first-order valence-electron chi connectivity index (χ1n) is 8.33. The van der Waals surface area contributed by atoms with E-state index in [4.69, 9.17) is 8.85 Å². The molecule has 1 radical (unpaired) electrons. The second-order valence-electron chi connectivity index (χ2n) is 6.35. The van der Waals surface area contributed by atoms with Gasteiger partial charge in [-0.05, 0) is 51.2 Å². The zero-order chi connectivity index (χ0) is 21.0. The Morgan fingerprint density at radius 1 is 0.815 bits per heavy atom. The van der Waals surface area contributed by atoms with E-state index in [1.165, 1.54) is 12.2 Å². The van der Waals surface area contributed by atoms with Crippen molar-refractivity contribution in [3.8, 4) is 0 Å². The Bertz CT molecular complexity index is 518. The molecule has 0 aliphatic rings. The van der Waals surface area contributed by atoms with Crippen LogP contribution in [0.4, 0.5) is 0 Å². The third kappa shape index (κ3) is 15.2. The van der Waals surface area contributed by atoms with E-state index in [0.29, 0.717) is 12.8 Å². The zero-order valence-electron chi connectivity index (χ0n) is 16.9. The van der Waals surface area contributed by atoms with Crippen LogP contribution in [-0.2, 0) is 35.5 Å². The normalized spacial score (nSPS) is 11.9. The maximum atomic E-state index is 10.6. The molecule has 157 valence electrons. The Hall–Kier alpha value is -1.55. The van der Waals surface area contributed by atoms with Crippen LogP contribution in [0.3, 0.4) is 0 Å². The maximum absolute atomic E-state index is 10.6. The molecule has 0 bridgehead atoms. The Balaban J connectivity index is -0.000000411. The summed E-state index contributed by atoms with van der Waals surface area (Å²) >= 11 is 0. The minimum Gasteiger partial charge on any atom is -0.542 e. The van der Waals surface area contributed by atoms with Crippen molar-refractivity contribution in [3.05, 3.63) is 48.2 Å². The fraction of sp³-hybridized carbons (Fsp3) is 0.444. The second-order valence-corrected chi connectivity index (χ2v) is 14.0. The summed E-state index contributed by atoms with van der Waals surface area (Å²) in [4.78, 5) is 21.1. The first-order valence-corrected chi connectivity index (χ1v) is 14.3. The van der Waals surface area contributed by atoms with Crippen LogP contribution >= 0.6 is 0 Å². The Labute approximate surface area is 175 Å². The topological polar surface area (TPSA) is 98.7 Å². The SMILES string of the molecule is C=C[Si](C)(C)OC(=CCC)C(=O)[O-].C=C[Si](C)(C)OC(=CCC)C(=O)[O-].[Cu+2]. The standard InChI is InChI=1S/2C9H16O3Si.Cu/c2*1-5-7-8(9(10)11)12-13(3,4)6-2;/h2*6-7H,2,5H2,1,3-4H3,(H,10,11);/q;;+2/p-2. The number of hydrogen-bond donors (Lipinski definition) is 0. The van der Waals surface area contributed by atoms with Gasteiger partial charge in [0.05, 0.1) is 0 Å². The zero-order valence-corrected chi connectivity index (χ0v) is 19.8. The fourth-order valence-corrected chi connectivity index (χ4v) is 2.99. The molecular weight excluding hydrogens is 432 g/mol. The summed E-state index contributed by atoms with van der Waals surface area (Å²) in [6.45, 7) is 18.4. The van der Waals surface area contributed by atoms with Crippen molar-refractivity contribution in [1.82, 2.24) is 0 Å². The van der Waals surface area contributed by atoms with Crippen molar-refractivity contribution in [2.75, 3.05) is 0 Å². The molecule has 9 heteroatoms. The molecule has 0 aliphatic heterocycles. The van der Waals surface area contributed by atoms with E-state index in [2.05, 4.69) is 13.2 Å². The number of carbonyl (C=O) groups is 2. The van der Waals surface area contributed by atoms with Crippen LogP contribution in [0.1, 0.15) is 26.7 Å². The first kappa shape index (κ1) is 30.2. The molecule has 0 saturated carbocycles. The second kappa shape index (κ2) is 14.5. The molecule has 27 heavy (non-hydrogen) atoms. The average Bonchev–Trinajstić information content (AvgIpc) is 2.54. The number of allylic oxidation sites excluding steroid dienone is 2. The molecule has 0 rings (SSSR count). The van der Waals surface area contributed by atoms with Gasteiger partial charge in [0.2, 0.25) is 0 Å². The number of rotatable bonds is 10. The predicted molar refractivity (Wildman–Crippen MR) is 104 cm³/mol. The van der Waals surface area contributed by atoms with Crippen molar-refractivity contribution in [2.24, 2.45) is 0 Å². The molecule has 0 aromatic rings. The third-order valence-corrected chi connectivity index (χ3v) is 6.37. The summed E-state index contributed by atoms with van der Waals surface area (Å²) in [6.07, 6.45) is 4.25. The molecule has 0 fully saturated rings. The quantitative estimate of drug-likeness (QED) is 0.280. The van der Waals surface area contributed by atoms with Crippen LogP contribution in [0.25, 0.3) is 0 Å². The summed E-state index contributed by atoms with van der Waals surface area (Å²) in [5, 5.41) is 21.1. The maximum Gasteiger partial charge on any atom is 2.00 e. The minimum atomic E-state index is -2.07. The van der Waals surface area contributed by atoms with Gasteiger partial charge < -0.3 is 28.7 Å². The van der Waals surface area contributed by atoms with Crippen molar-refractivity contribution in [2.45, 2.75) is 52.9 Å². The molecule has 0 saturated heterocycles. The van der Waals surface area contributed by atoms with Gasteiger partial charge in [-0.25, -0.2) is 0 Å². The Morgan fingerprint density at radius 3 is 1.22 bits per heavy atom. The number of carbonyl (C=O) groups excluding carboxylic acids is 2. The molecule has 0 unspecified atom stereocenters. The molecule has 0 N–H and O–H groups in total. The largest absolute Gasteiger partial charge is 2.00 e. The van der Waals surface area contributed by atoms with E-state index in [1.807, 2.05) is 40.0 Å². The van der Waals surface area contributed by atoms with Crippen molar-refractivity contribution in [1.29, 1.82) is 0 Å². The monoisotopic (exact) mass is 461 g/mol. The van der Waals surface area contributed by atoms with E-state index >= 15 is 0 Å². The van der Waals surface area contributed by atoms with E-state index in [-0.39, 0.29) is 28.6 Å². The minimum absolute atomic E-state index is 0. The van der Waals surface area contributed by atoms with Gasteiger partial charge in [-0.3, -0.25) is 0 Å². The molecule has 0 aromatic carbocycles. The molecule has 0 aromatic heterocycles. The summed E-state index contributed by atoms with van der Waals surface area (Å²) in [5.41, 5.74) is 3.36. The Morgan fingerprint density at radius 2 is 1.07 bits per heavy atom. The number of carboxylic acids is 2. The Kier molecular flexibility index (Phi) is 16.2. The molecule has 0 spiro atoms. The third-order valence-electron chi connectivity index (χ3n) is 2.91. The van der Waals surface area contributed by atoms with Gasteiger partial charge in [-0.15, -0.1) is 13.2 Å². The van der Waals surface area contributed by atoms with Crippen LogP contribution in [0.5, 0.6) is 0 Å². The average molecular weight is 462 g/mol. The fourth-order valence-electron chi connectivity index (χ4n) is 1.35. The predicted octanol–water partition coefficient (Wildman–Crippen LogP) is 1.95. The number of carboxylic acid groups (broad SMARTS) is 2. The van der Waals surface area contributed by atoms with Crippen molar-refractivity contribution >= 4 is 28.6 Å². The van der Waals surface area contributed by atoms with Crippen LogP contribution in [0.15, 0.2) is 48.2 Å². The molecular formula is C18H30CuO6Si2. The summed E-state index contributed by atoms with van der Waals surface area (Å²) < 4.78 is 10.6. The van der Waals surface area contributed by atoms with E-state index in [0.717, 1.165) is 0 Å². The van der Waals surface area contributed by atoms with Gasteiger partial charge in [-0.1, -0.05) is 25.2 Å². The molecule has 0 atom stereocenters.